The molecule has 0 aliphatic carbocycles. The normalized spacial score (nSPS) is 18.4. The second-order valence-electron chi connectivity index (χ2n) is 14.4. The highest BCUT2D eigenvalue weighted by molar-refractivity contribution is 6.05. The average Bonchev–Trinajstić information content (AvgIpc) is 3.98. The molecule has 2 aliphatic heterocycles. The fourth-order valence-electron chi connectivity index (χ4n) is 7.45. The molecular formula is C39H46N6O8. The Hall–Kier alpha value is -5.53. The van der Waals surface area contributed by atoms with Gasteiger partial charge in [0.1, 0.15) is 23.7 Å². The van der Waals surface area contributed by atoms with Crippen LogP contribution in [0.2, 0.25) is 0 Å². The van der Waals surface area contributed by atoms with Crippen LogP contribution < -0.4 is 5.32 Å². The lowest BCUT2D eigenvalue weighted by Crippen LogP contribution is -2.48. The third-order valence-electron chi connectivity index (χ3n) is 10.3. The number of aromatic nitrogens is 3. The van der Waals surface area contributed by atoms with Gasteiger partial charge >= 0.3 is 11.9 Å². The fraction of sp³-hybridized carbons (Fsp3) is 0.462. The van der Waals surface area contributed by atoms with Crippen LogP contribution in [0.3, 0.4) is 0 Å². The predicted molar refractivity (Wildman–Crippen MR) is 195 cm³/mol. The Bertz CT molecular complexity index is 2000. The van der Waals surface area contributed by atoms with Crippen LogP contribution in [0.25, 0.3) is 33.4 Å². The van der Waals surface area contributed by atoms with E-state index in [2.05, 4.69) is 20.4 Å². The summed E-state index contributed by atoms with van der Waals surface area (Å²) in [6, 6.07) is 12.5. The Labute approximate surface area is 307 Å². The summed E-state index contributed by atoms with van der Waals surface area (Å²) in [4.78, 5) is 76.2. The largest absolute Gasteiger partial charge is 0.468 e. The third kappa shape index (κ3) is 7.40. The van der Waals surface area contributed by atoms with Crippen molar-refractivity contribution in [3.8, 4) is 22.4 Å². The van der Waals surface area contributed by atoms with Gasteiger partial charge in [0.25, 0.3) is 0 Å². The number of nitrogens with one attached hydrogen (secondary N) is 2. The second kappa shape index (κ2) is 15.6. The Morgan fingerprint density at radius 2 is 1.40 bits per heavy atom. The van der Waals surface area contributed by atoms with Crippen molar-refractivity contribution in [1.29, 1.82) is 0 Å². The summed E-state index contributed by atoms with van der Waals surface area (Å²) in [6.45, 7) is 8.16. The number of fused-ring (bicyclic) bond motifs is 1. The first-order chi connectivity index (χ1) is 25.4. The number of imidazole rings is 1. The molecule has 2 saturated heterocycles. The quantitative estimate of drug-likeness (QED) is 0.151. The number of nitrogens with zero attached hydrogens (tertiary/aromatic N) is 4. The van der Waals surface area contributed by atoms with Crippen LogP contribution in [0.1, 0.15) is 65.2 Å². The van der Waals surface area contributed by atoms with Gasteiger partial charge in [0.05, 0.1) is 37.5 Å². The zero-order valence-electron chi connectivity index (χ0n) is 30.9. The van der Waals surface area contributed by atoms with Crippen molar-refractivity contribution >= 4 is 46.4 Å². The molecule has 280 valence electrons. The molecule has 14 heteroatoms. The molecule has 2 N–H and O–H groups in total. The number of esters is 2. The summed E-state index contributed by atoms with van der Waals surface area (Å²) >= 11 is 0. The van der Waals surface area contributed by atoms with Crippen LogP contribution in [-0.4, -0.2) is 87.9 Å². The summed E-state index contributed by atoms with van der Waals surface area (Å²) in [7, 11) is 2.55. The molecule has 4 aromatic rings. The van der Waals surface area contributed by atoms with Crippen molar-refractivity contribution in [2.75, 3.05) is 32.6 Å². The number of carbonyl (C=O) groups is 5. The first kappa shape index (κ1) is 37.2. The zero-order chi connectivity index (χ0) is 38.0. The number of benzene rings is 2. The van der Waals surface area contributed by atoms with Crippen molar-refractivity contribution in [3.05, 3.63) is 54.5 Å². The van der Waals surface area contributed by atoms with Gasteiger partial charge < -0.3 is 34.1 Å². The first-order valence-electron chi connectivity index (χ1n) is 18.1. The lowest BCUT2D eigenvalue weighted by molar-refractivity contribution is -0.158. The highest BCUT2D eigenvalue weighted by Gasteiger charge is 2.42. The summed E-state index contributed by atoms with van der Waals surface area (Å²) in [5, 5.41) is 7.55. The van der Waals surface area contributed by atoms with E-state index in [0.29, 0.717) is 42.7 Å². The number of aromatic amines is 1. The van der Waals surface area contributed by atoms with E-state index < -0.39 is 41.6 Å². The molecule has 0 saturated carbocycles. The maximum atomic E-state index is 13.4. The Morgan fingerprint density at radius 1 is 0.811 bits per heavy atom. The number of methoxy groups -OCH3 is 2. The lowest BCUT2D eigenvalue weighted by atomic mass is 9.94. The summed E-state index contributed by atoms with van der Waals surface area (Å²) in [5.41, 5.74) is 4.00. The molecule has 0 bridgehead atoms. The summed E-state index contributed by atoms with van der Waals surface area (Å²) < 4.78 is 15.4. The van der Waals surface area contributed by atoms with Gasteiger partial charge in [0, 0.05) is 13.1 Å². The number of ether oxygens (including phenoxy) is 2. The van der Waals surface area contributed by atoms with E-state index in [1.54, 1.807) is 24.9 Å². The van der Waals surface area contributed by atoms with Crippen molar-refractivity contribution in [1.82, 2.24) is 24.9 Å². The second-order valence-corrected chi connectivity index (χ2v) is 14.4. The van der Waals surface area contributed by atoms with Gasteiger partial charge in [0.2, 0.25) is 17.7 Å². The van der Waals surface area contributed by atoms with Gasteiger partial charge in [-0.25, -0.2) is 4.98 Å². The minimum Gasteiger partial charge on any atom is -0.468 e. The molecule has 2 fully saturated rings. The number of carbonyl (C=O) groups excluding carboxylic acids is 5. The number of hydrogen-bond acceptors (Lipinski definition) is 10. The molecule has 2 aliphatic rings. The molecule has 2 aromatic heterocycles. The lowest BCUT2D eigenvalue weighted by Gasteiger charge is -2.28. The molecule has 0 spiro atoms. The number of anilines is 1. The van der Waals surface area contributed by atoms with E-state index >= 15 is 0 Å². The van der Waals surface area contributed by atoms with Crippen molar-refractivity contribution in [3.63, 3.8) is 0 Å². The highest BCUT2D eigenvalue weighted by Crippen LogP contribution is 2.35. The van der Waals surface area contributed by atoms with Crippen LogP contribution >= 0.6 is 0 Å². The smallest absolute Gasteiger partial charge is 0.318 e. The van der Waals surface area contributed by atoms with E-state index in [0.717, 1.165) is 35.2 Å². The number of likely N-dealkylation sites (tertiary alicyclic amines) is 2. The molecule has 0 radical (unpaired) electrons. The van der Waals surface area contributed by atoms with E-state index in [-0.39, 0.29) is 29.6 Å². The molecule has 53 heavy (non-hydrogen) atoms. The van der Waals surface area contributed by atoms with Gasteiger partial charge in [-0.3, -0.25) is 24.0 Å². The van der Waals surface area contributed by atoms with Crippen LogP contribution in [0, 0.1) is 23.7 Å². The monoisotopic (exact) mass is 726 g/mol. The topological polar surface area (TPSA) is 177 Å². The van der Waals surface area contributed by atoms with Gasteiger partial charge in [-0.1, -0.05) is 63.2 Å². The first-order valence-corrected chi connectivity index (χ1v) is 18.1. The number of H-pyrrole nitrogens is 1. The minimum absolute atomic E-state index is 0.194. The number of amides is 3. The van der Waals surface area contributed by atoms with E-state index in [1.807, 2.05) is 56.3 Å². The van der Waals surface area contributed by atoms with Crippen molar-refractivity contribution in [2.45, 2.75) is 65.5 Å². The molecular weight excluding hydrogens is 680 g/mol. The Morgan fingerprint density at radius 3 is 2.04 bits per heavy atom. The maximum absolute atomic E-state index is 13.4. The molecule has 2 aromatic carbocycles. The fourth-order valence-corrected chi connectivity index (χ4v) is 7.45. The molecule has 3 amide bonds. The predicted octanol–water partition coefficient (Wildman–Crippen LogP) is 5.37. The van der Waals surface area contributed by atoms with Gasteiger partial charge in [-0.2, -0.15) is 0 Å². The van der Waals surface area contributed by atoms with Crippen LogP contribution in [0.5, 0.6) is 0 Å². The summed E-state index contributed by atoms with van der Waals surface area (Å²) in [5.74, 6) is -3.58. The highest BCUT2D eigenvalue weighted by atomic mass is 16.5. The summed E-state index contributed by atoms with van der Waals surface area (Å²) in [6.07, 6.45) is 4.41. The average molecular weight is 727 g/mol. The third-order valence-corrected chi connectivity index (χ3v) is 10.3. The zero-order valence-corrected chi connectivity index (χ0v) is 30.9. The molecule has 14 nitrogen and oxygen atoms in total. The van der Waals surface area contributed by atoms with Crippen molar-refractivity contribution < 1.29 is 38.0 Å². The van der Waals surface area contributed by atoms with E-state index in [1.165, 1.54) is 19.1 Å². The molecule has 4 atom stereocenters. The van der Waals surface area contributed by atoms with E-state index in [4.69, 9.17) is 14.0 Å². The van der Waals surface area contributed by atoms with Crippen LogP contribution in [0.15, 0.2) is 53.2 Å². The SMILES string of the molecule is COC(=O)[C@H](C(=O)N1CCC[C@H]1C(=O)Nc1noc2cc(-c3ccc(-c4cnc([C@@H]5CCCN5C(=O)[C@@H](C(=O)OC)C(C)C)[nH]4)cc3)ccc12)C(C)C. The maximum Gasteiger partial charge on any atom is 0.318 e. The van der Waals surface area contributed by atoms with Crippen LogP contribution in [-0.2, 0) is 33.4 Å². The molecule has 4 heterocycles. The van der Waals surface area contributed by atoms with Crippen LogP contribution in [0.4, 0.5) is 5.82 Å². The Kier molecular flexibility index (Phi) is 11.0. The standard InChI is InChI=1S/C39H46N6O8/c1-21(2)31(38(49)51-5)36(47)44-17-7-9-28(44)34-40-20-27(41-34)24-13-11-23(12-14-24)25-15-16-26-30(19-25)53-43-33(26)42-35(46)29-10-8-18-45(29)37(48)32(22(3)4)39(50)52-6/h11-16,19-22,28-29,31-32H,7-10,17-18H2,1-6H3,(H,40,41)(H,42,43,46)/t28-,29-,31-,32-/m0/s1. The molecule has 6 rings (SSSR count). The number of rotatable bonds is 11. The van der Waals surface area contributed by atoms with Crippen molar-refractivity contribution in [2.24, 2.45) is 23.7 Å². The minimum atomic E-state index is -0.983. The molecule has 0 unspecified atom stereocenters. The van der Waals surface area contributed by atoms with Gasteiger partial charge in [-0.05, 0) is 66.3 Å². The Balaban J connectivity index is 1.13. The van der Waals surface area contributed by atoms with Gasteiger partial charge in [0.15, 0.2) is 11.4 Å². The number of hydrogen-bond donors (Lipinski definition) is 2. The van der Waals surface area contributed by atoms with E-state index in [9.17, 15) is 24.0 Å². The van der Waals surface area contributed by atoms with Gasteiger partial charge in [-0.15, -0.1) is 0 Å².